The van der Waals surface area contributed by atoms with E-state index >= 15 is 0 Å². The average molecular weight is 484 g/mol. The van der Waals surface area contributed by atoms with Gasteiger partial charge in [0, 0.05) is 17.1 Å². The number of anilines is 1. The first-order valence-corrected chi connectivity index (χ1v) is 11.2. The van der Waals surface area contributed by atoms with Crippen LogP contribution in [0.5, 0.6) is 0 Å². The Kier molecular flexibility index (Phi) is 6.40. The number of para-hydroxylation sites is 1. The van der Waals surface area contributed by atoms with E-state index in [1.165, 1.54) is 12.1 Å². The Morgan fingerprint density at radius 1 is 1.12 bits per heavy atom. The number of aromatic nitrogens is 1. The number of amides is 3. The first-order chi connectivity index (χ1) is 15.7. The van der Waals surface area contributed by atoms with E-state index in [0.717, 1.165) is 33.6 Å². The number of halogens is 2. The van der Waals surface area contributed by atoms with Crippen molar-refractivity contribution in [1.82, 2.24) is 9.47 Å². The smallest absolute Gasteiger partial charge is 0.294 e. The number of aryl methyl sites for hydroxylation is 1. The van der Waals surface area contributed by atoms with Gasteiger partial charge in [0.25, 0.3) is 11.1 Å². The number of rotatable bonds is 5. The van der Waals surface area contributed by atoms with Gasteiger partial charge in [-0.3, -0.25) is 19.3 Å². The van der Waals surface area contributed by atoms with Crippen LogP contribution in [-0.4, -0.2) is 33.1 Å². The molecule has 0 atom stereocenters. The molecular formula is C24H19ClFN3O3S. The second kappa shape index (κ2) is 9.25. The molecule has 2 heterocycles. The van der Waals surface area contributed by atoms with Crippen molar-refractivity contribution < 1.29 is 18.8 Å². The summed E-state index contributed by atoms with van der Waals surface area (Å²) >= 11 is 6.81. The van der Waals surface area contributed by atoms with E-state index in [1.54, 1.807) is 42.5 Å². The standard InChI is InChI=1S/C24H19ClFN3O3S/c1-14-10-16(15(2)29(14)18-7-5-6-17(26)12-18)11-21-23(31)28(24(32)33-21)13-22(30)27-20-9-4-3-8-19(20)25/h3-12H,13H2,1-2H3,(H,27,30)/b21-11+. The van der Waals surface area contributed by atoms with Gasteiger partial charge in [-0.25, -0.2) is 4.39 Å². The number of hydrogen-bond acceptors (Lipinski definition) is 4. The van der Waals surface area contributed by atoms with Gasteiger partial charge in [-0.1, -0.05) is 29.8 Å². The highest BCUT2D eigenvalue weighted by atomic mass is 35.5. The van der Waals surface area contributed by atoms with Crippen LogP contribution < -0.4 is 5.32 Å². The van der Waals surface area contributed by atoms with E-state index in [1.807, 2.05) is 24.5 Å². The molecule has 0 spiro atoms. The van der Waals surface area contributed by atoms with Crippen LogP contribution in [0.4, 0.5) is 14.9 Å². The van der Waals surface area contributed by atoms with E-state index in [-0.39, 0.29) is 10.7 Å². The lowest BCUT2D eigenvalue weighted by molar-refractivity contribution is -0.127. The van der Waals surface area contributed by atoms with Gasteiger partial charge < -0.3 is 9.88 Å². The quantitative estimate of drug-likeness (QED) is 0.482. The van der Waals surface area contributed by atoms with Crippen molar-refractivity contribution in [1.29, 1.82) is 0 Å². The highest BCUT2D eigenvalue weighted by Gasteiger charge is 2.36. The molecule has 1 aliphatic rings. The molecule has 0 aliphatic carbocycles. The number of nitrogens with zero attached hydrogens (tertiary/aromatic N) is 2. The van der Waals surface area contributed by atoms with Crippen LogP contribution in [0.3, 0.4) is 0 Å². The molecular weight excluding hydrogens is 465 g/mol. The van der Waals surface area contributed by atoms with E-state index < -0.39 is 23.6 Å². The van der Waals surface area contributed by atoms with Gasteiger partial charge in [0.05, 0.1) is 15.6 Å². The fourth-order valence-electron chi connectivity index (χ4n) is 3.62. The maximum Gasteiger partial charge on any atom is 0.294 e. The summed E-state index contributed by atoms with van der Waals surface area (Å²) in [5, 5.41) is 2.43. The molecule has 3 aromatic rings. The molecule has 1 aromatic heterocycles. The third-order valence-electron chi connectivity index (χ3n) is 5.15. The largest absolute Gasteiger partial charge is 0.323 e. The van der Waals surface area contributed by atoms with Gasteiger partial charge >= 0.3 is 0 Å². The topological polar surface area (TPSA) is 71.4 Å². The van der Waals surface area contributed by atoms with Crippen molar-refractivity contribution >= 4 is 52.2 Å². The number of imide groups is 1. The second-order valence-corrected chi connectivity index (χ2v) is 8.84. The molecule has 0 radical (unpaired) electrons. The molecule has 1 saturated heterocycles. The fraction of sp³-hybridized carbons (Fsp3) is 0.125. The molecule has 3 amide bonds. The van der Waals surface area contributed by atoms with Crippen molar-refractivity contribution in [3.05, 3.63) is 87.3 Å². The summed E-state index contributed by atoms with van der Waals surface area (Å²) in [6, 6.07) is 14.8. The summed E-state index contributed by atoms with van der Waals surface area (Å²) in [5.41, 5.74) is 3.43. The van der Waals surface area contributed by atoms with Gasteiger partial charge in [0.1, 0.15) is 12.4 Å². The molecule has 0 bridgehead atoms. The lowest BCUT2D eigenvalue weighted by Crippen LogP contribution is -2.36. The summed E-state index contributed by atoms with van der Waals surface area (Å²) in [6.07, 6.45) is 1.62. The van der Waals surface area contributed by atoms with E-state index in [9.17, 15) is 18.8 Å². The van der Waals surface area contributed by atoms with Crippen molar-refractivity contribution in [2.24, 2.45) is 0 Å². The third kappa shape index (κ3) is 4.72. The molecule has 33 heavy (non-hydrogen) atoms. The van der Waals surface area contributed by atoms with Gasteiger partial charge in [0.15, 0.2) is 0 Å². The molecule has 9 heteroatoms. The molecule has 1 N–H and O–H groups in total. The SMILES string of the molecule is Cc1cc(/C=C2/SC(=O)N(CC(=O)Nc3ccccc3Cl)C2=O)c(C)n1-c1cccc(F)c1. The Morgan fingerprint density at radius 3 is 2.61 bits per heavy atom. The van der Waals surface area contributed by atoms with E-state index in [2.05, 4.69) is 5.32 Å². The Bertz CT molecular complexity index is 1320. The van der Waals surface area contributed by atoms with Crippen LogP contribution in [0.2, 0.25) is 5.02 Å². The highest BCUT2D eigenvalue weighted by molar-refractivity contribution is 8.18. The molecule has 0 saturated carbocycles. The number of nitrogens with one attached hydrogen (secondary N) is 1. The maximum atomic E-state index is 13.7. The minimum atomic E-state index is -0.546. The molecule has 2 aromatic carbocycles. The second-order valence-electron chi connectivity index (χ2n) is 7.44. The molecule has 1 fully saturated rings. The average Bonchev–Trinajstić information content (AvgIpc) is 3.19. The molecule has 4 rings (SSSR count). The van der Waals surface area contributed by atoms with Crippen LogP contribution in [0.1, 0.15) is 17.0 Å². The Morgan fingerprint density at radius 2 is 1.88 bits per heavy atom. The van der Waals surface area contributed by atoms with Crippen LogP contribution in [0.15, 0.2) is 59.5 Å². The number of thioether (sulfide) groups is 1. The number of carbonyl (C=O) groups excluding carboxylic acids is 3. The summed E-state index contributed by atoms with van der Waals surface area (Å²) in [7, 11) is 0. The van der Waals surface area contributed by atoms with Crippen molar-refractivity contribution in [2.75, 3.05) is 11.9 Å². The van der Waals surface area contributed by atoms with Crippen LogP contribution in [0.25, 0.3) is 11.8 Å². The Hall–Kier alpha value is -3.36. The summed E-state index contributed by atoms with van der Waals surface area (Å²) in [6.45, 7) is 3.31. The van der Waals surface area contributed by atoms with Crippen molar-refractivity contribution in [3.63, 3.8) is 0 Å². The molecule has 6 nitrogen and oxygen atoms in total. The van der Waals surface area contributed by atoms with E-state index in [4.69, 9.17) is 11.6 Å². The first-order valence-electron chi connectivity index (χ1n) is 9.99. The number of hydrogen-bond donors (Lipinski definition) is 1. The van der Waals surface area contributed by atoms with Crippen LogP contribution >= 0.6 is 23.4 Å². The lowest BCUT2D eigenvalue weighted by atomic mass is 10.2. The highest BCUT2D eigenvalue weighted by Crippen LogP contribution is 2.34. The van der Waals surface area contributed by atoms with Gasteiger partial charge in [-0.15, -0.1) is 0 Å². The number of carbonyl (C=O) groups is 3. The summed E-state index contributed by atoms with van der Waals surface area (Å²) in [4.78, 5) is 38.8. The Balaban J connectivity index is 1.54. The zero-order chi connectivity index (χ0) is 23.7. The maximum absolute atomic E-state index is 13.7. The summed E-state index contributed by atoms with van der Waals surface area (Å²) in [5.74, 6) is -1.43. The van der Waals surface area contributed by atoms with Gasteiger partial charge in [-0.05, 0) is 73.6 Å². The lowest BCUT2D eigenvalue weighted by Gasteiger charge is -2.13. The van der Waals surface area contributed by atoms with Crippen LogP contribution in [-0.2, 0) is 9.59 Å². The first kappa shape index (κ1) is 22.8. The normalized spacial score (nSPS) is 14.9. The molecule has 1 aliphatic heterocycles. The van der Waals surface area contributed by atoms with Crippen LogP contribution in [0, 0.1) is 19.7 Å². The minimum Gasteiger partial charge on any atom is -0.323 e. The number of benzene rings is 2. The van der Waals surface area contributed by atoms with E-state index in [0.29, 0.717) is 16.4 Å². The zero-order valence-electron chi connectivity index (χ0n) is 17.8. The third-order valence-corrected chi connectivity index (χ3v) is 6.38. The summed E-state index contributed by atoms with van der Waals surface area (Å²) < 4.78 is 15.6. The predicted molar refractivity (Wildman–Crippen MR) is 128 cm³/mol. The molecule has 168 valence electrons. The predicted octanol–water partition coefficient (Wildman–Crippen LogP) is 5.56. The zero-order valence-corrected chi connectivity index (χ0v) is 19.3. The van der Waals surface area contributed by atoms with Gasteiger partial charge in [-0.2, -0.15) is 0 Å². The van der Waals surface area contributed by atoms with Crippen molar-refractivity contribution in [3.8, 4) is 5.69 Å². The monoisotopic (exact) mass is 483 g/mol. The van der Waals surface area contributed by atoms with Gasteiger partial charge in [0.2, 0.25) is 5.91 Å². The fourth-order valence-corrected chi connectivity index (χ4v) is 4.63. The Labute approximate surface area is 199 Å². The minimum absolute atomic E-state index is 0.213. The van der Waals surface area contributed by atoms with Crippen molar-refractivity contribution in [2.45, 2.75) is 13.8 Å². The molecule has 0 unspecified atom stereocenters.